The van der Waals surface area contributed by atoms with Crippen molar-refractivity contribution >= 4 is 23.0 Å². The fourth-order valence-corrected chi connectivity index (χ4v) is 1.04. The minimum atomic E-state index is -0.0577. The molecule has 0 aliphatic heterocycles. The van der Waals surface area contributed by atoms with Crippen LogP contribution in [0.2, 0.25) is 0 Å². The fraction of sp³-hybridized carbons (Fsp3) is 0.300. The average Bonchev–Trinajstić information content (AvgIpc) is 2.01. The van der Waals surface area contributed by atoms with Crippen LogP contribution in [0.3, 0.4) is 0 Å². The standard InChI is InChI=1S/C10H15N3O/c1-6(2)10(14)13-9-4-7(11)3-8(12)5-9/h3-6H,11-12H2,1-2H3,(H,13,14). The first-order valence-corrected chi connectivity index (χ1v) is 4.46. The fourth-order valence-electron chi connectivity index (χ4n) is 1.04. The number of nitrogens with two attached hydrogens (primary N) is 2. The number of amides is 1. The lowest BCUT2D eigenvalue weighted by molar-refractivity contribution is -0.118. The molecular formula is C10H15N3O. The van der Waals surface area contributed by atoms with Crippen LogP contribution in [-0.4, -0.2) is 5.91 Å². The third-order valence-electron chi connectivity index (χ3n) is 1.77. The highest BCUT2D eigenvalue weighted by atomic mass is 16.1. The summed E-state index contributed by atoms with van der Waals surface area (Å²) in [5.74, 6) is -0.104. The van der Waals surface area contributed by atoms with Gasteiger partial charge >= 0.3 is 0 Å². The maximum absolute atomic E-state index is 11.3. The van der Waals surface area contributed by atoms with Crippen LogP contribution in [0.25, 0.3) is 0 Å². The molecule has 0 spiro atoms. The topological polar surface area (TPSA) is 81.1 Å². The van der Waals surface area contributed by atoms with Gasteiger partial charge in [-0.2, -0.15) is 0 Å². The Bertz CT molecular complexity index is 327. The zero-order valence-electron chi connectivity index (χ0n) is 8.37. The summed E-state index contributed by atoms with van der Waals surface area (Å²) >= 11 is 0. The molecular weight excluding hydrogens is 178 g/mol. The number of nitrogen functional groups attached to an aromatic ring is 2. The van der Waals surface area contributed by atoms with E-state index in [4.69, 9.17) is 11.5 Å². The highest BCUT2D eigenvalue weighted by Gasteiger charge is 2.07. The summed E-state index contributed by atoms with van der Waals surface area (Å²) in [6, 6.07) is 5.00. The molecule has 76 valence electrons. The number of benzene rings is 1. The summed E-state index contributed by atoms with van der Waals surface area (Å²) in [4.78, 5) is 11.3. The molecule has 0 aliphatic carbocycles. The van der Waals surface area contributed by atoms with Gasteiger partial charge in [0.25, 0.3) is 0 Å². The first kappa shape index (κ1) is 10.4. The average molecular weight is 193 g/mol. The van der Waals surface area contributed by atoms with Gasteiger partial charge < -0.3 is 16.8 Å². The molecule has 1 amide bonds. The molecule has 1 aromatic carbocycles. The molecule has 0 aliphatic rings. The van der Waals surface area contributed by atoms with Gasteiger partial charge in [0.05, 0.1) is 0 Å². The molecule has 0 heterocycles. The van der Waals surface area contributed by atoms with Gasteiger partial charge in [0.15, 0.2) is 0 Å². The van der Waals surface area contributed by atoms with Gasteiger partial charge in [0, 0.05) is 23.0 Å². The van der Waals surface area contributed by atoms with Crippen molar-refractivity contribution in [3.05, 3.63) is 18.2 Å². The smallest absolute Gasteiger partial charge is 0.226 e. The third kappa shape index (κ3) is 2.65. The first-order valence-electron chi connectivity index (χ1n) is 4.46. The monoisotopic (exact) mass is 193 g/mol. The number of nitrogens with one attached hydrogen (secondary N) is 1. The van der Waals surface area contributed by atoms with E-state index in [0.29, 0.717) is 17.1 Å². The van der Waals surface area contributed by atoms with Crippen LogP contribution >= 0.6 is 0 Å². The Morgan fingerprint density at radius 3 is 2.14 bits per heavy atom. The van der Waals surface area contributed by atoms with E-state index in [2.05, 4.69) is 5.32 Å². The summed E-state index contributed by atoms with van der Waals surface area (Å²) in [6.07, 6.45) is 0. The van der Waals surface area contributed by atoms with Crippen molar-refractivity contribution in [2.75, 3.05) is 16.8 Å². The van der Waals surface area contributed by atoms with Gasteiger partial charge in [-0.15, -0.1) is 0 Å². The number of carbonyl (C=O) groups excluding carboxylic acids is 1. The van der Waals surface area contributed by atoms with E-state index in [-0.39, 0.29) is 11.8 Å². The van der Waals surface area contributed by atoms with Crippen molar-refractivity contribution in [1.82, 2.24) is 0 Å². The molecule has 0 aromatic heterocycles. The van der Waals surface area contributed by atoms with Gasteiger partial charge in [0.2, 0.25) is 5.91 Å². The molecule has 14 heavy (non-hydrogen) atoms. The Kier molecular flexibility index (Phi) is 2.96. The Morgan fingerprint density at radius 1 is 1.21 bits per heavy atom. The number of carbonyl (C=O) groups is 1. The van der Waals surface area contributed by atoms with Crippen LogP contribution in [-0.2, 0) is 4.79 Å². The number of rotatable bonds is 2. The minimum Gasteiger partial charge on any atom is -0.399 e. The van der Waals surface area contributed by atoms with Crippen molar-refractivity contribution in [2.24, 2.45) is 5.92 Å². The number of hydrogen-bond donors (Lipinski definition) is 3. The predicted molar refractivity (Wildman–Crippen MR) is 58.7 cm³/mol. The van der Waals surface area contributed by atoms with Crippen molar-refractivity contribution < 1.29 is 4.79 Å². The van der Waals surface area contributed by atoms with E-state index in [1.807, 2.05) is 13.8 Å². The normalized spacial score (nSPS) is 10.2. The summed E-state index contributed by atoms with van der Waals surface area (Å²) in [6.45, 7) is 3.65. The molecule has 4 nitrogen and oxygen atoms in total. The Balaban J connectivity index is 2.82. The number of hydrogen-bond acceptors (Lipinski definition) is 3. The van der Waals surface area contributed by atoms with Crippen molar-refractivity contribution in [3.8, 4) is 0 Å². The summed E-state index contributed by atoms with van der Waals surface area (Å²) in [5.41, 5.74) is 12.9. The zero-order valence-corrected chi connectivity index (χ0v) is 8.37. The molecule has 0 radical (unpaired) electrons. The third-order valence-corrected chi connectivity index (χ3v) is 1.77. The highest BCUT2D eigenvalue weighted by Crippen LogP contribution is 2.18. The maximum atomic E-state index is 11.3. The molecule has 0 atom stereocenters. The first-order chi connectivity index (χ1) is 6.49. The summed E-state index contributed by atoms with van der Waals surface area (Å²) < 4.78 is 0. The summed E-state index contributed by atoms with van der Waals surface area (Å²) in [7, 11) is 0. The Morgan fingerprint density at radius 2 is 1.71 bits per heavy atom. The molecule has 1 rings (SSSR count). The molecule has 0 bridgehead atoms. The second-order valence-electron chi connectivity index (χ2n) is 3.53. The summed E-state index contributed by atoms with van der Waals surface area (Å²) in [5, 5.41) is 2.72. The Hall–Kier alpha value is -1.71. The second-order valence-corrected chi connectivity index (χ2v) is 3.53. The van der Waals surface area contributed by atoms with Crippen molar-refractivity contribution in [1.29, 1.82) is 0 Å². The molecule has 5 N–H and O–H groups in total. The van der Waals surface area contributed by atoms with E-state index in [1.54, 1.807) is 18.2 Å². The molecule has 0 saturated carbocycles. The van der Waals surface area contributed by atoms with E-state index >= 15 is 0 Å². The molecule has 1 aromatic rings. The van der Waals surface area contributed by atoms with Crippen LogP contribution in [0.4, 0.5) is 17.1 Å². The largest absolute Gasteiger partial charge is 0.399 e. The highest BCUT2D eigenvalue weighted by molar-refractivity contribution is 5.93. The van der Waals surface area contributed by atoms with Gasteiger partial charge in [-0.3, -0.25) is 4.79 Å². The van der Waals surface area contributed by atoms with Crippen LogP contribution in [0.15, 0.2) is 18.2 Å². The van der Waals surface area contributed by atoms with E-state index in [1.165, 1.54) is 0 Å². The van der Waals surface area contributed by atoms with Crippen LogP contribution in [0, 0.1) is 5.92 Å². The van der Waals surface area contributed by atoms with Gasteiger partial charge in [-0.05, 0) is 18.2 Å². The quantitative estimate of drug-likeness (QED) is 0.622. The van der Waals surface area contributed by atoms with Crippen molar-refractivity contribution in [2.45, 2.75) is 13.8 Å². The van der Waals surface area contributed by atoms with E-state index < -0.39 is 0 Å². The lowest BCUT2D eigenvalue weighted by Gasteiger charge is -2.08. The van der Waals surface area contributed by atoms with Crippen LogP contribution in [0.1, 0.15) is 13.8 Å². The molecule has 4 heteroatoms. The lowest BCUT2D eigenvalue weighted by Crippen LogP contribution is -2.17. The SMILES string of the molecule is CC(C)C(=O)Nc1cc(N)cc(N)c1. The van der Waals surface area contributed by atoms with Crippen LogP contribution in [0.5, 0.6) is 0 Å². The lowest BCUT2D eigenvalue weighted by atomic mass is 10.2. The van der Waals surface area contributed by atoms with Gasteiger partial charge in [-0.1, -0.05) is 13.8 Å². The van der Waals surface area contributed by atoms with Crippen LogP contribution < -0.4 is 16.8 Å². The molecule has 0 fully saturated rings. The van der Waals surface area contributed by atoms with E-state index in [9.17, 15) is 4.79 Å². The van der Waals surface area contributed by atoms with E-state index in [0.717, 1.165) is 0 Å². The van der Waals surface area contributed by atoms with Crippen molar-refractivity contribution in [3.63, 3.8) is 0 Å². The number of anilines is 3. The zero-order chi connectivity index (χ0) is 10.7. The Labute approximate surface area is 83.3 Å². The molecule has 0 saturated heterocycles. The molecule has 0 unspecified atom stereocenters. The second kappa shape index (κ2) is 4.00. The van der Waals surface area contributed by atoms with Gasteiger partial charge in [0.1, 0.15) is 0 Å². The maximum Gasteiger partial charge on any atom is 0.226 e. The minimum absolute atomic E-state index is 0.0463. The van der Waals surface area contributed by atoms with Gasteiger partial charge in [-0.25, -0.2) is 0 Å². The predicted octanol–water partition coefficient (Wildman–Crippen LogP) is 1.45.